The van der Waals surface area contributed by atoms with Gasteiger partial charge in [-0.2, -0.15) is 0 Å². The van der Waals surface area contributed by atoms with Gasteiger partial charge in [-0.3, -0.25) is 4.90 Å². The quantitative estimate of drug-likeness (QED) is 0.502. The van der Waals surface area contributed by atoms with Crippen molar-refractivity contribution in [2.45, 2.75) is 37.8 Å². The third-order valence-corrected chi connectivity index (χ3v) is 3.37. The van der Waals surface area contributed by atoms with E-state index in [1.54, 1.807) is 0 Å². The van der Waals surface area contributed by atoms with Crippen LogP contribution < -0.4 is 0 Å². The van der Waals surface area contributed by atoms with E-state index in [4.69, 9.17) is 4.74 Å². The first-order valence-corrected chi connectivity index (χ1v) is 4.45. The maximum atomic E-state index is 11.4. The predicted molar refractivity (Wildman–Crippen MR) is 44.8 cm³/mol. The number of hydrogen-bond acceptors (Lipinski definition) is 3. The number of esters is 1. The fraction of sp³-hybridized carbons (Fsp3) is 0.889. The number of ether oxygens (including phenoxy) is 1. The Labute approximate surface area is 72.7 Å². The van der Waals surface area contributed by atoms with Crippen LogP contribution in [-0.2, 0) is 9.53 Å². The van der Waals surface area contributed by atoms with Crippen molar-refractivity contribution in [1.29, 1.82) is 0 Å². The molecule has 3 nitrogen and oxygen atoms in total. The molecule has 0 bridgehead atoms. The second-order valence-corrected chi connectivity index (χ2v) is 4.29. The average Bonchev–Trinajstić information content (AvgIpc) is 2.32. The van der Waals surface area contributed by atoms with Crippen molar-refractivity contribution in [2.24, 2.45) is 0 Å². The molecule has 2 aliphatic rings. The fourth-order valence-electron chi connectivity index (χ4n) is 2.57. The molecule has 0 saturated carbocycles. The van der Waals surface area contributed by atoms with Gasteiger partial charge < -0.3 is 4.74 Å². The summed E-state index contributed by atoms with van der Waals surface area (Å²) >= 11 is 0. The molecule has 2 fully saturated rings. The number of hydrogen-bond donors (Lipinski definition) is 0. The zero-order valence-electron chi connectivity index (χ0n) is 7.89. The summed E-state index contributed by atoms with van der Waals surface area (Å²) in [7, 11) is 2.01. The second-order valence-electron chi connectivity index (χ2n) is 4.29. The van der Waals surface area contributed by atoms with Crippen LogP contribution in [0.3, 0.4) is 0 Å². The summed E-state index contributed by atoms with van der Waals surface area (Å²) in [5, 5.41) is 0. The number of nitrogens with zero attached hydrogens (tertiary/aromatic N) is 1. The third kappa shape index (κ3) is 0.637. The Bertz CT molecular complexity index is 237. The molecule has 1 atom stereocenters. The van der Waals surface area contributed by atoms with Crippen LogP contribution in [0.15, 0.2) is 0 Å². The third-order valence-electron chi connectivity index (χ3n) is 3.37. The van der Waals surface area contributed by atoms with E-state index in [2.05, 4.69) is 4.90 Å². The zero-order valence-corrected chi connectivity index (χ0v) is 7.89. The summed E-state index contributed by atoms with van der Waals surface area (Å²) in [4.78, 5) is 13.6. The van der Waals surface area contributed by atoms with Crippen LogP contribution in [0.1, 0.15) is 26.7 Å². The van der Waals surface area contributed by atoms with Gasteiger partial charge in [0, 0.05) is 0 Å². The minimum absolute atomic E-state index is 0.0347. The Morgan fingerprint density at radius 1 is 1.50 bits per heavy atom. The van der Waals surface area contributed by atoms with Crippen LogP contribution >= 0.6 is 0 Å². The number of rotatable bonds is 0. The Hall–Kier alpha value is -0.570. The van der Waals surface area contributed by atoms with Gasteiger partial charge in [-0.15, -0.1) is 0 Å². The summed E-state index contributed by atoms with van der Waals surface area (Å²) in [6, 6.07) is 0. The monoisotopic (exact) mass is 169 g/mol. The van der Waals surface area contributed by atoms with Crippen LogP contribution in [0.2, 0.25) is 0 Å². The Morgan fingerprint density at radius 2 is 2.17 bits per heavy atom. The lowest BCUT2D eigenvalue weighted by Crippen LogP contribution is -2.73. The molecule has 12 heavy (non-hydrogen) atoms. The molecule has 0 aliphatic carbocycles. The second kappa shape index (κ2) is 2.02. The first kappa shape index (κ1) is 8.05. The van der Waals surface area contributed by atoms with Crippen molar-refractivity contribution in [3.05, 3.63) is 0 Å². The lowest BCUT2D eigenvalue weighted by molar-refractivity contribution is -0.230. The Morgan fingerprint density at radius 3 is 2.42 bits per heavy atom. The highest BCUT2D eigenvalue weighted by Gasteiger charge is 2.67. The van der Waals surface area contributed by atoms with E-state index in [0.29, 0.717) is 0 Å². The average molecular weight is 169 g/mol. The van der Waals surface area contributed by atoms with Gasteiger partial charge >= 0.3 is 5.97 Å². The van der Waals surface area contributed by atoms with E-state index in [9.17, 15) is 4.79 Å². The molecule has 2 rings (SSSR count). The minimum atomic E-state index is -0.299. The van der Waals surface area contributed by atoms with Gasteiger partial charge in [0.1, 0.15) is 5.60 Å². The van der Waals surface area contributed by atoms with Crippen LogP contribution in [0.4, 0.5) is 0 Å². The largest absolute Gasteiger partial charge is 0.456 e. The molecule has 1 spiro atoms. The molecule has 0 N–H and O–H groups in total. The highest BCUT2D eigenvalue weighted by Crippen LogP contribution is 2.48. The number of carbonyl (C=O) groups excluding carboxylic acids is 1. The van der Waals surface area contributed by atoms with Gasteiger partial charge in [-0.25, -0.2) is 4.79 Å². The van der Waals surface area contributed by atoms with Crippen molar-refractivity contribution in [2.75, 3.05) is 13.6 Å². The van der Waals surface area contributed by atoms with Gasteiger partial charge in [-0.05, 0) is 40.3 Å². The van der Waals surface area contributed by atoms with Gasteiger partial charge in [0.2, 0.25) is 0 Å². The van der Waals surface area contributed by atoms with Crippen LogP contribution in [0.5, 0.6) is 0 Å². The first-order chi connectivity index (χ1) is 5.51. The molecule has 0 radical (unpaired) electrons. The lowest BCUT2D eigenvalue weighted by atomic mass is 9.75. The van der Waals surface area contributed by atoms with Crippen molar-refractivity contribution in [3.63, 3.8) is 0 Å². The molecule has 2 heterocycles. The number of likely N-dealkylation sites (N-methyl/N-ethyl adjacent to an activating group) is 1. The number of likely N-dealkylation sites (tertiary alicyclic amines) is 1. The minimum Gasteiger partial charge on any atom is -0.456 e. The van der Waals surface area contributed by atoms with Crippen molar-refractivity contribution >= 4 is 5.97 Å². The molecule has 3 heteroatoms. The van der Waals surface area contributed by atoms with E-state index >= 15 is 0 Å². The van der Waals surface area contributed by atoms with Gasteiger partial charge in [0.15, 0.2) is 5.54 Å². The first-order valence-electron chi connectivity index (χ1n) is 4.45. The summed E-state index contributed by atoms with van der Waals surface area (Å²) < 4.78 is 5.15. The normalized spacial score (nSPS) is 39.8. The maximum absolute atomic E-state index is 11.4. The summed E-state index contributed by atoms with van der Waals surface area (Å²) in [6.45, 7) is 5.00. The highest BCUT2D eigenvalue weighted by molar-refractivity contribution is 5.89. The summed E-state index contributed by atoms with van der Waals surface area (Å²) in [5.74, 6) is -0.0347. The standard InChI is InChI=1S/C9H15NO2/c1-8(2)9(7(11)12-8)5-4-6-10(9)3/h4-6H2,1-3H3. The van der Waals surface area contributed by atoms with Gasteiger partial charge in [0.05, 0.1) is 0 Å². The fourth-order valence-corrected chi connectivity index (χ4v) is 2.57. The van der Waals surface area contributed by atoms with E-state index in [1.807, 2.05) is 20.9 Å². The van der Waals surface area contributed by atoms with Crippen molar-refractivity contribution in [1.82, 2.24) is 4.90 Å². The molecule has 1 unspecified atom stereocenters. The summed E-state index contributed by atoms with van der Waals surface area (Å²) in [5.41, 5.74) is -0.581. The van der Waals surface area contributed by atoms with E-state index in [0.717, 1.165) is 19.4 Å². The molecule has 68 valence electrons. The molecular weight excluding hydrogens is 154 g/mol. The Kier molecular flexibility index (Phi) is 1.35. The van der Waals surface area contributed by atoms with Crippen molar-refractivity contribution < 1.29 is 9.53 Å². The number of carbonyl (C=O) groups is 1. The molecule has 0 aromatic carbocycles. The van der Waals surface area contributed by atoms with Crippen LogP contribution in [0.25, 0.3) is 0 Å². The molecule has 0 aromatic rings. The molecule has 2 saturated heterocycles. The highest BCUT2D eigenvalue weighted by atomic mass is 16.6. The van der Waals surface area contributed by atoms with E-state index in [1.165, 1.54) is 0 Å². The molecular formula is C9H15NO2. The smallest absolute Gasteiger partial charge is 0.331 e. The predicted octanol–water partition coefficient (Wildman–Crippen LogP) is 0.786. The van der Waals surface area contributed by atoms with Crippen molar-refractivity contribution in [3.8, 4) is 0 Å². The maximum Gasteiger partial charge on any atom is 0.331 e. The SMILES string of the molecule is CN1CCCC12C(=O)OC2(C)C. The van der Waals surface area contributed by atoms with Gasteiger partial charge in [-0.1, -0.05) is 0 Å². The molecule has 0 aromatic heterocycles. The summed E-state index contributed by atoms with van der Waals surface area (Å²) in [6.07, 6.45) is 2.06. The van der Waals surface area contributed by atoms with E-state index < -0.39 is 0 Å². The lowest BCUT2D eigenvalue weighted by Gasteiger charge is -2.54. The van der Waals surface area contributed by atoms with Crippen LogP contribution in [-0.4, -0.2) is 35.6 Å². The van der Waals surface area contributed by atoms with Gasteiger partial charge in [0.25, 0.3) is 0 Å². The number of cyclic esters (lactones) is 1. The molecule has 0 amide bonds. The molecule has 2 aliphatic heterocycles. The zero-order chi connectivity index (χ0) is 8.98. The topological polar surface area (TPSA) is 29.5 Å². The van der Waals surface area contributed by atoms with E-state index in [-0.39, 0.29) is 17.1 Å². The van der Waals surface area contributed by atoms with Crippen LogP contribution in [0, 0.1) is 0 Å². The Balaban J connectivity index is 2.35.